The molecule has 212 valence electrons. The molecule has 0 bridgehead atoms. The molecule has 5 N–H and O–H groups in total. The highest BCUT2D eigenvalue weighted by atomic mass is 35.5. The predicted octanol–water partition coefficient (Wildman–Crippen LogP) is 5.97. The quantitative estimate of drug-likeness (QED) is 0.119. The van der Waals surface area contributed by atoms with Crippen molar-refractivity contribution < 1.29 is 19.4 Å². The molecule has 8 nitrogen and oxygen atoms in total. The van der Waals surface area contributed by atoms with Crippen molar-refractivity contribution in [2.45, 2.75) is 13.0 Å². The summed E-state index contributed by atoms with van der Waals surface area (Å²) in [6.07, 6.45) is 2.55. The number of hydrogen-bond acceptors (Lipinski definition) is 4. The van der Waals surface area contributed by atoms with Crippen molar-refractivity contribution >= 4 is 40.2 Å². The molecule has 0 saturated heterocycles. The third kappa shape index (κ3) is 6.14. The molecule has 5 aromatic rings. The van der Waals surface area contributed by atoms with Crippen LogP contribution in [-0.2, 0) is 13.0 Å². The van der Waals surface area contributed by atoms with Gasteiger partial charge in [-0.2, -0.15) is 0 Å². The summed E-state index contributed by atoms with van der Waals surface area (Å²) in [7, 11) is 1.48. The number of carboxylic acids is 1. The third-order valence-electron chi connectivity index (χ3n) is 7.13. The number of benzene rings is 4. The van der Waals surface area contributed by atoms with Crippen LogP contribution in [0.5, 0.6) is 5.75 Å². The first-order chi connectivity index (χ1) is 20.2. The maximum atomic E-state index is 13.2. The molecule has 4 aromatic carbocycles. The number of amides is 1. The number of amidine groups is 1. The molecule has 1 aromatic heterocycles. The Bertz CT molecular complexity index is 1830. The fourth-order valence-electron chi connectivity index (χ4n) is 4.97. The minimum Gasteiger partial charge on any atom is -0.497 e. The van der Waals surface area contributed by atoms with Crippen molar-refractivity contribution in [2.75, 3.05) is 13.7 Å². The zero-order valence-corrected chi connectivity index (χ0v) is 23.6. The van der Waals surface area contributed by atoms with Gasteiger partial charge in [0, 0.05) is 46.3 Å². The van der Waals surface area contributed by atoms with Crippen LogP contribution < -0.4 is 15.8 Å². The lowest BCUT2D eigenvalue weighted by Gasteiger charge is -2.16. The lowest BCUT2D eigenvalue weighted by molar-refractivity contribution is 0.0697. The smallest absolute Gasteiger partial charge is 0.336 e. The van der Waals surface area contributed by atoms with Crippen LogP contribution in [0.3, 0.4) is 0 Å². The molecule has 0 aliphatic rings. The summed E-state index contributed by atoms with van der Waals surface area (Å²) in [4.78, 5) is 25.5. The first kappa shape index (κ1) is 28.4. The van der Waals surface area contributed by atoms with Gasteiger partial charge >= 0.3 is 5.97 Å². The Balaban J connectivity index is 1.50. The predicted molar refractivity (Wildman–Crippen MR) is 165 cm³/mol. The maximum Gasteiger partial charge on any atom is 0.336 e. The fourth-order valence-corrected chi connectivity index (χ4v) is 5.19. The summed E-state index contributed by atoms with van der Waals surface area (Å²) in [6.45, 7) is 0.830. The van der Waals surface area contributed by atoms with Crippen LogP contribution in [0.4, 0.5) is 0 Å². The maximum absolute atomic E-state index is 13.2. The number of nitrogens with one attached hydrogen (secondary N) is 2. The van der Waals surface area contributed by atoms with E-state index in [2.05, 4.69) is 5.32 Å². The number of methoxy groups -OCH3 is 1. The molecule has 1 heterocycles. The summed E-state index contributed by atoms with van der Waals surface area (Å²) in [5, 5.41) is 22.3. The molecule has 0 unspecified atom stereocenters. The second kappa shape index (κ2) is 12.2. The van der Waals surface area contributed by atoms with Gasteiger partial charge in [-0.25, -0.2) is 4.79 Å². The molecule has 0 aliphatic heterocycles. The van der Waals surface area contributed by atoms with E-state index >= 15 is 0 Å². The van der Waals surface area contributed by atoms with E-state index < -0.39 is 5.97 Å². The first-order valence-electron chi connectivity index (χ1n) is 13.2. The summed E-state index contributed by atoms with van der Waals surface area (Å²) < 4.78 is 7.31. The Morgan fingerprint density at radius 1 is 0.976 bits per heavy atom. The summed E-state index contributed by atoms with van der Waals surface area (Å²) in [5.74, 6) is -0.952. The van der Waals surface area contributed by atoms with Gasteiger partial charge in [0.05, 0.1) is 12.7 Å². The summed E-state index contributed by atoms with van der Waals surface area (Å²) >= 11 is 6.08. The first-order valence-corrected chi connectivity index (χ1v) is 13.6. The normalized spacial score (nSPS) is 10.9. The Morgan fingerprint density at radius 3 is 2.52 bits per heavy atom. The largest absolute Gasteiger partial charge is 0.497 e. The number of carbonyl (C=O) groups excluding carboxylic acids is 1. The van der Waals surface area contributed by atoms with Gasteiger partial charge in [-0.15, -0.1) is 0 Å². The minimum absolute atomic E-state index is 0.00549. The highest BCUT2D eigenvalue weighted by molar-refractivity contribution is 6.30. The second-order valence-corrected chi connectivity index (χ2v) is 10.3. The average molecular weight is 581 g/mol. The SMILES string of the molecule is COc1ccc(-c2cc(C(=O)NCCc3cccc(Cl)c3)ccc2Cn2ccc3cc(C(=N)N)ccc32)c(C(=O)O)c1. The molecule has 0 atom stereocenters. The highest BCUT2D eigenvalue weighted by Gasteiger charge is 2.19. The van der Waals surface area contributed by atoms with E-state index in [4.69, 9.17) is 27.5 Å². The lowest BCUT2D eigenvalue weighted by Crippen LogP contribution is -2.25. The van der Waals surface area contributed by atoms with Crippen molar-refractivity contribution in [1.29, 1.82) is 5.41 Å². The second-order valence-electron chi connectivity index (χ2n) is 9.86. The van der Waals surface area contributed by atoms with Crippen molar-refractivity contribution in [3.8, 4) is 16.9 Å². The lowest BCUT2D eigenvalue weighted by atomic mass is 9.93. The molecule has 0 aliphatic carbocycles. The minimum atomic E-state index is -1.10. The van der Waals surface area contributed by atoms with Gasteiger partial charge in [-0.05, 0) is 95.4 Å². The van der Waals surface area contributed by atoms with Gasteiger partial charge in [0.25, 0.3) is 5.91 Å². The Labute approximate surface area is 247 Å². The van der Waals surface area contributed by atoms with E-state index in [1.807, 2.05) is 53.2 Å². The number of nitrogen functional groups attached to an aromatic ring is 1. The van der Waals surface area contributed by atoms with Crippen molar-refractivity contribution in [3.05, 3.63) is 124 Å². The third-order valence-corrected chi connectivity index (χ3v) is 7.37. The molecule has 1 amide bonds. The Hall–Kier alpha value is -5.08. The number of nitrogens with zero attached hydrogens (tertiary/aromatic N) is 1. The number of hydrogen-bond donors (Lipinski definition) is 4. The van der Waals surface area contributed by atoms with Gasteiger partial charge in [-0.1, -0.05) is 29.8 Å². The van der Waals surface area contributed by atoms with E-state index in [1.165, 1.54) is 13.2 Å². The zero-order valence-electron chi connectivity index (χ0n) is 22.9. The number of nitrogens with two attached hydrogens (primary N) is 1. The molecule has 0 spiro atoms. The molecule has 9 heteroatoms. The molecule has 5 rings (SSSR count). The number of rotatable bonds is 10. The average Bonchev–Trinajstić information content (AvgIpc) is 3.38. The van der Waals surface area contributed by atoms with Gasteiger partial charge in [0.1, 0.15) is 11.6 Å². The number of aromatic carboxylic acids is 1. The topological polar surface area (TPSA) is 130 Å². The fraction of sp³-hybridized carbons (Fsp3) is 0.121. The van der Waals surface area contributed by atoms with E-state index in [-0.39, 0.29) is 17.3 Å². The van der Waals surface area contributed by atoms with Crippen LogP contribution in [0.15, 0.2) is 91.1 Å². The van der Waals surface area contributed by atoms with Gasteiger partial charge in [-0.3, -0.25) is 10.2 Å². The van der Waals surface area contributed by atoms with Crippen LogP contribution in [0.1, 0.15) is 37.4 Å². The molecule has 0 saturated carbocycles. The molecular formula is C33H29ClN4O4. The number of aromatic nitrogens is 1. The van der Waals surface area contributed by atoms with Crippen LogP contribution in [0, 0.1) is 5.41 Å². The zero-order chi connectivity index (χ0) is 29.8. The van der Waals surface area contributed by atoms with Gasteiger partial charge in [0.2, 0.25) is 0 Å². The Kier molecular flexibility index (Phi) is 8.26. The standard InChI is InChI=1S/C33H29ClN4O4/c1-42-26-8-9-27(29(18-26)33(40)41)28-17-23(32(39)37-13-11-20-3-2-4-25(34)15-20)5-6-24(28)19-38-14-12-21-16-22(31(35)36)7-10-30(21)38/h2-10,12,14-18H,11,13,19H2,1H3,(H3,35,36)(H,37,39)(H,40,41). The number of fused-ring (bicyclic) bond motifs is 1. The van der Waals surface area contributed by atoms with Crippen molar-refractivity contribution in [2.24, 2.45) is 5.73 Å². The summed E-state index contributed by atoms with van der Waals surface area (Å²) in [5.41, 5.74) is 10.6. The monoisotopic (exact) mass is 580 g/mol. The van der Waals surface area contributed by atoms with Crippen LogP contribution in [0.25, 0.3) is 22.0 Å². The molecule has 42 heavy (non-hydrogen) atoms. The van der Waals surface area contributed by atoms with E-state index in [0.29, 0.717) is 52.5 Å². The molecule has 0 radical (unpaired) electrons. The van der Waals surface area contributed by atoms with E-state index in [0.717, 1.165) is 22.0 Å². The van der Waals surface area contributed by atoms with Crippen LogP contribution in [-0.4, -0.2) is 41.0 Å². The van der Waals surface area contributed by atoms with Gasteiger partial charge < -0.3 is 25.5 Å². The van der Waals surface area contributed by atoms with Crippen LogP contribution >= 0.6 is 11.6 Å². The van der Waals surface area contributed by atoms with E-state index in [9.17, 15) is 14.7 Å². The molecule has 0 fully saturated rings. The van der Waals surface area contributed by atoms with Gasteiger partial charge in [0.15, 0.2) is 0 Å². The highest BCUT2D eigenvalue weighted by Crippen LogP contribution is 2.32. The molecular weight excluding hydrogens is 552 g/mol. The number of carbonyl (C=O) groups is 2. The Morgan fingerprint density at radius 2 is 1.79 bits per heavy atom. The van der Waals surface area contributed by atoms with Crippen molar-refractivity contribution in [3.63, 3.8) is 0 Å². The number of carboxylic acid groups (broad SMARTS) is 1. The summed E-state index contributed by atoms with van der Waals surface area (Å²) in [6, 6.07) is 25.2. The van der Waals surface area contributed by atoms with Crippen molar-refractivity contribution in [1.82, 2.24) is 9.88 Å². The van der Waals surface area contributed by atoms with Crippen LogP contribution in [0.2, 0.25) is 5.02 Å². The van der Waals surface area contributed by atoms with E-state index in [1.54, 1.807) is 36.4 Å². The number of halogens is 1. The number of ether oxygens (including phenoxy) is 1.